The third kappa shape index (κ3) is 3.13. The molecule has 0 saturated carbocycles. The van der Waals surface area contributed by atoms with E-state index in [0.29, 0.717) is 12.0 Å². The maximum absolute atomic E-state index is 12.2. The molecule has 6 heteroatoms. The standard InChI is InChI=1S/C13H20N2O4/c1-13(11(17)19-3,9-7-5-4-6-8-9)10(16)15-12(18)14-2/h7H,4-6,8H2,1-3H3,(H2,14,15,16,18)/t13-/m1/s1. The number of urea groups is 1. The number of hydrogen-bond acceptors (Lipinski definition) is 4. The van der Waals surface area contributed by atoms with Crippen LogP contribution in [0.1, 0.15) is 32.6 Å². The Balaban J connectivity index is 3.05. The second-order valence-electron chi connectivity index (χ2n) is 4.62. The number of amides is 3. The minimum absolute atomic E-state index is 0.642. The molecule has 0 bridgehead atoms. The van der Waals surface area contributed by atoms with Crippen molar-refractivity contribution in [3.8, 4) is 0 Å². The predicted octanol–water partition coefficient (Wildman–Crippen LogP) is 1.12. The van der Waals surface area contributed by atoms with E-state index in [1.54, 1.807) is 0 Å². The van der Waals surface area contributed by atoms with Crippen molar-refractivity contribution in [2.45, 2.75) is 32.6 Å². The van der Waals surface area contributed by atoms with Gasteiger partial charge in [-0.25, -0.2) is 4.79 Å². The maximum Gasteiger partial charge on any atom is 0.325 e. The van der Waals surface area contributed by atoms with Crippen LogP contribution in [0.5, 0.6) is 0 Å². The average molecular weight is 268 g/mol. The normalized spacial score (nSPS) is 17.7. The van der Waals surface area contributed by atoms with Crippen molar-refractivity contribution in [2.24, 2.45) is 5.41 Å². The number of allylic oxidation sites excluding steroid dienone is 1. The lowest BCUT2D eigenvalue weighted by Crippen LogP contribution is -2.50. The molecule has 1 rings (SSSR count). The van der Waals surface area contributed by atoms with Crippen LogP contribution in [0.15, 0.2) is 11.6 Å². The first-order chi connectivity index (χ1) is 8.96. The van der Waals surface area contributed by atoms with Gasteiger partial charge in [0.2, 0.25) is 5.91 Å². The Bertz CT molecular complexity index is 417. The van der Waals surface area contributed by atoms with Crippen LogP contribution in [-0.2, 0) is 14.3 Å². The SMILES string of the molecule is CNC(=O)NC(=O)[C@](C)(C(=O)OC)C1=CCCCC1. The Morgan fingerprint density at radius 3 is 2.47 bits per heavy atom. The van der Waals surface area contributed by atoms with Gasteiger partial charge in [-0.2, -0.15) is 0 Å². The van der Waals surface area contributed by atoms with Crippen molar-refractivity contribution in [3.63, 3.8) is 0 Å². The van der Waals surface area contributed by atoms with E-state index in [0.717, 1.165) is 19.3 Å². The van der Waals surface area contributed by atoms with E-state index in [2.05, 4.69) is 10.6 Å². The van der Waals surface area contributed by atoms with Crippen molar-refractivity contribution >= 4 is 17.9 Å². The highest BCUT2D eigenvalue weighted by molar-refractivity contribution is 6.10. The van der Waals surface area contributed by atoms with Gasteiger partial charge in [-0.15, -0.1) is 0 Å². The van der Waals surface area contributed by atoms with E-state index in [1.165, 1.54) is 21.1 Å². The number of methoxy groups -OCH3 is 1. The summed E-state index contributed by atoms with van der Waals surface area (Å²) in [5.74, 6) is -1.31. The molecular weight excluding hydrogens is 248 g/mol. The van der Waals surface area contributed by atoms with Crippen molar-refractivity contribution in [1.82, 2.24) is 10.6 Å². The summed E-state index contributed by atoms with van der Waals surface area (Å²) < 4.78 is 4.73. The van der Waals surface area contributed by atoms with E-state index in [9.17, 15) is 14.4 Å². The molecule has 2 N–H and O–H groups in total. The Labute approximate surface area is 112 Å². The van der Waals surface area contributed by atoms with E-state index in [-0.39, 0.29) is 0 Å². The third-order valence-electron chi connectivity index (χ3n) is 3.44. The third-order valence-corrected chi connectivity index (χ3v) is 3.44. The molecule has 0 heterocycles. The van der Waals surface area contributed by atoms with Gasteiger partial charge in [0.1, 0.15) is 0 Å². The number of carbonyl (C=O) groups is 3. The summed E-state index contributed by atoms with van der Waals surface area (Å²) in [4.78, 5) is 35.5. The number of nitrogens with one attached hydrogen (secondary N) is 2. The molecule has 1 aliphatic rings. The second kappa shape index (κ2) is 6.36. The molecule has 106 valence electrons. The van der Waals surface area contributed by atoms with E-state index in [4.69, 9.17) is 4.74 Å². The summed E-state index contributed by atoms with van der Waals surface area (Å²) in [5.41, 5.74) is -0.728. The van der Waals surface area contributed by atoms with Gasteiger partial charge in [0.25, 0.3) is 0 Å². The van der Waals surface area contributed by atoms with Gasteiger partial charge in [-0.1, -0.05) is 6.08 Å². The molecule has 0 fully saturated rings. The van der Waals surface area contributed by atoms with Crippen LogP contribution in [-0.4, -0.2) is 32.1 Å². The summed E-state index contributed by atoms with van der Waals surface area (Å²) in [7, 11) is 2.63. The molecule has 1 atom stereocenters. The van der Waals surface area contributed by atoms with Crippen LogP contribution in [0.25, 0.3) is 0 Å². The first-order valence-electron chi connectivity index (χ1n) is 6.28. The number of hydrogen-bond donors (Lipinski definition) is 2. The van der Waals surface area contributed by atoms with E-state index in [1.807, 2.05) is 6.08 Å². The molecule has 3 amide bonds. The second-order valence-corrected chi connectivity index (χ2v) is 4.62. The quantitative estimate of drug-likeness (QED) is 0.456. The lowest BCUT2D eigenvalue weighted by molar-refractivity contribution is -0.154. The number of ether oxygens (including phenoxy) is 1. The van der Waals surface area contributed by atoms with Crippen molar-refractivity contribution in [3.05, 3.63) is 11.6 Å². The van der Waals surface area contributed by atoms with Crippen LogP contribution in [0.4, 0.5) is 4.79 Å². The average Bonchev–Trinajstić information content (AvgIpc) is 2.45. The predicted molar refractivity (Wildman–Crippen MR) is 69.3 cm³/mol. The zero-order valence-corrected chi connectivity index (χ0v) is 11.5. The molecule has 0 unspecified atom stereocenters. The largest absolute Gasteiger partial charge is 0.468 e. The molecule has 0 aromatic carbocycles. The molecule has 19 heavy (non-hydrogen) atoms. The minimum Gasteiger partial charge on any atom is -0.468 e. The highest BCUT2D eigenvalue weighted by atomic mass is 16.5. The van der Waals surface area contributed by atoms with Crippen LogP contribution in [0, 0.1) is 5.41 Å². The fourth-order valence-corrected chi connectivity index (χ4v) is 2.16. The van der Waals surface area contributed by atoms with Gasteiger partial charge < -0.3 is 10.1 Å². The highest BCUT2D eigenvalue weighted by Gasteiger charge is 2.46. The summed E-state index contributed by atoms with van der Waals surface area (Å²) in [6.07, 6.45) is 5.34. The van der Waals surface area contributed by atoms with Crippen LogP contribution in [0.3, 0.4) is 0 Å². The van der Waals surface area contributed by atoms with Gasteiger partial charge in [0.15, 0.2) is 5.41 Å². The smallest absolute Gasteiger partial charge is 0.325 e. The zero-order chi connectivity index (χ0) is 14.5. The molecule has 0 aromatic heterocycles. The Hall–Kier alpha value is -1.85. The molecule has 0 aromatic rings. The van der Waals surface area contributed by atoms with Crippen molar-refractivity contribution in [2.75, 3.05) is 14.2 Å². The minimum atomic E-state index is -1.44. The Morgan fingerprint density at radius 1 is 1.32 bits per heavy atom. The molecule has 0 spiro atoms. The van der Waals surface area contributed by atoms with Gasteiger partial charge in [0.05, 0.1) is 7.11 Å². The summed E-state index contributed by atoms with van der Waals surface area (Å²) in [6.45, 7) is 1.49. The summed E-state index contributed by atoms with van der Waals surface area (Å²) >= 11 is 0. The number of rotatable bonds is 3. The van der Waals surface area contributed by atoms with Gasteiger partial charge in [-0.3, -0.25) is 14.9 Å². The van der Waals surface area contributed by atoms with Gasteiger partial charge >= 0.3 is 12.0 Å². The lowest BCUT2D eigenvalue weighted by Gasteiger charge is -2.29. The number of esters is 1. The Morgan fingerprint density at radius 2 is 2.00 bits per heavy atom. The summed E-state index contributed by atoms with van der Waals surface area (Å²) in [6, 6.07) is -0.642. The van der Waals surface area contributed by atoms with Gasteiger partial charge in [-0.05, 0) is 38.2 Å². The Kier molecular flexibility index (Phi) is 5.09. The van der Waals surface area contributed by atoms with Crippen molar-refractivity contribution in [1.29, 1.82) is 0 Å². The molecule has 0 radical (unpaired) electrons. The highest BCUT2D eigenvalue weighted by Crippen LogP contribution is 2.35. The fourth-order valence-electron chi connectivity index (χ4n) is 2.16. The van der Waals surface area contributed by atoms with Crippen LogP contribution in [0.2, 0.25) is 0 Å². The zero-order valence-electron chi connectivity index (χ0n) is 11.5. The molecule has 0 aliphatic heterocycles. The monoisotopic (exact) mass is 268 g/mol. The maximum atomic E-state index is 12.2. The molecule has 6 nitrogen and oxygen atoms in total. The topological polar surface area (TPSA) is 84.5 Å². The summed E-state index contributed by atoms with van der Waals surface area (Å²) in [5, 5.41) is 4.44. The molecule has 0 saturated heterocycles. The fraction of sp³-hybridized carbons (Fsp3) is 0.615. The first-order valence-corrected chi connectivity index (χ1v) is 6.28. The van der Waals surface area contributed by atoms with Crippen molar-refractivity contribution < 1.29 is 19.1 Å². The van der Waals surface area contributed by atoms with E-state index < -0.39 is 23.3 Å². The van der Waals surface area contributed by atoms with Gasteiger partial charge in [0, 0.05) is 7.05 Å². The number of carbonyl (C=O) groups excluding carboxylic acids is 3. The van der Waals surface area contributed by atoms with Crippen LogP contribution < -0.4 is 10.6 Å². The lowest BCUT2D eigenvalue weighted by atomic mass is 9.76. The van der Waals surface area contributed by atoms with E-state index >= 15 is 0 Å². The first kappa shape index (κ1) is 15.2. The molecular formula is C13H20N2O4. The number of imide groups is 1. The molecule has 1 aliphatic carbocycles. The van der Waals surface area contributed by atoms with Crippen LogP contribution >= 0.6 is 0 Å².